The molecule has 0 unspecified atom stereocenters. The third-order valence-corrected chi connectivity index (χ3v) is 3.84. The minimum atomic E-state index is -0.338. The lowest BCUT2D eigenvalue weighted by atomic mass is 10.1. The molecule has 1 aromatic heterocycles. The Labute approximate surface area is 155 Å². The van der Waals surface area contributed by atoms with Gasteiger partial charge in [-0.2, -0.15) is 0 Å². The number of hydrogen-bond donors (Lipinski definition) is 2. The Hall–Kier alpha value is -3.07. The maximum atomic E-state index is 13.5. The first-order valence-electron chi connectivity index (χ1n) is 8.67. The molecule has 3 rings (SSSR count). The summed E-state index contributed by atoms with van der Waals surface area (Å²) in [6, 6.07) is 4.33. The predicted octanol–water partition coefficient (Wildman–Crippen LogP) is 1.29. The number of nitrogens with one attached hydrogen (secondary N) is 1. The summed E-state index contributed by atoms with van der Waals surface area (Å²) >= 11 is 0. The van der Waals surface area contributed by atoms with Crippen LogP contribution < -0.4 is 15.8 Å². The number of dihydropyridines is 1. The van der Waals surface area contributed by atoms with Crippen molar-refractivity contribution in [1.82, 2.24) is 15.0 Å². The summed E-state index contributed by atoms with van der Waals surface area (Å²) in [6.07, 6.45) is 5.63. The number of allylic oxidation sites excluding steroid dienone is 1. The molecule has 1 aliphatic rings. The second kappa shape index (κ2) is 9.04. The number of benzene rings is 1. The summed E-state index contributed by atoms with van der Waals surface area (Å²) in [5.41, 5.74) is 7.29. The number of carbonyl (C=O) groups is 1. The number of nitrogens with two attached hydrogens (primary N) is 1. The van der Waals surface area contributed by atoms with Gasteiger partial charge in [-0.1, -0.05) is 5.21 Å². The number of rotatable bonds is 9. The molecule has 0 aliphatic carbocycles. The van der Waals surface area contributed by atoms with Gasteiger partial charge in [0.15, 0.2) is 5.78 Å². The van der Waals surface area contributed by atoms with Crippen LogP contribution in [0.2, 0.25) is 0 Å². The SMILES string of the molecule is NCCCNc1cc(F)ccc1OCCn1cc(C2=CC(=O)CN=C2)nn1. The van der Waals surface area contributed by atoms with Gasteiger partial charge in [-0.25, -0.2) is 9.07 Å². The molecule has 0 radical (unpaired) electrons. The molecule has 27 heavy (non-hydrogen) atoms. The highest BCUT2D eigenvalue weighted by atomic mass is 19.1. The first kappa shape index (κ1) is 18.7. The lowest BCUT2D eigenvalue weighted by molar-refractivity contribution is -0.113. The van der Waals surface area contributed by atoms with E-state index < -0.39 is 0 Å². The normalized spacial score (nSPS) is 13.6. The fourth-order valence-electron chi connectivity index (χ4n) is 2.51. The molecule has 0 saturated heterocycles. The zero-order chi connectivity index (χ0) is 19.1. The van der Waals surface area contributed by atoms with Crippen LogP contribution >= 0.6 is 0 Å². The average molecular weight is 372 g/mol. The van der Waals surface area contributed by atoms with Crippen LogP contribution in [-0.4, -0.2) is 53.2 Å². The fraction of sp³-hybridized carbons (Fsp3) is 0.333. The highest BCUT2D eigenvalue weighted by Crippen LogP contribution is 2.25. The Morgan fingerprint density at radius 1 is 1.37 bits per heavy atom. The highest BCUT2D eigenvalue weighted by Gasteiger charge is 2.11. The molecule has 2 aromatic rings. The van der Waals surface area contributed by atoms with Crippen molar-refractivity contribution in [3.63, 3.8) is 0 Å². The standard InChI is InChI=1S/C18H21FN6O2/c19-14-2-3-18(16(9-14)22-5-1-4-20)27-7-6-25-12-17(23-24-25)13-8-15(26)11-21-10-13/h2-3,8-10,12,22H,1,4-7,11,20H2. The topological polar surface area (TPSA) is 107 Å². The fourth-order valence-corrected chi connectivity index (χ4v) is 2.51. The van der Waals surface area contributed by atoms with Crippen molar-refractivity contribution in [2.75, 3.05) is 31.6 Å². The zero-order valence-corrected chi connectivity index (χ0v) is 14.8. The van der Waals surface area contributed by atoms with E-state index in [2.05, 4.69) is 20.6 Å². The average Bonchev–Trinajstić information content (AvgIpc) is 3.13. The molecule has 0 spiro atoms. The number of anilines is 1. The Kier molecular flexibility index (Phi) is 6.26. The van der Waals surface area contributed by atoms with E-state index in [0.717, 1.165) is 6.42 Å². The number of ketones is 1. The molecule has 0 saturated carbocycles. The molecule has 8 nitrogen and oxygen atoms in total. The second-order valence-electron chi connectivity index (χ2n) is 5.96. The molecule has 0 atom stereocenters. The van der Waals surface area contributed by atoms with Gasteiger partial charge < -0.3 is 15.8 Å². The van der Waals surface area contributed by atoms with Gasteiger partial charge in [-0.05, 0) is 31.2 Å². The van der Waals surface area contributed by atoms with E-state index in [4.69, 9.17) is 10.5 Å². The maximum absolute atomic E-state index is 13.5. The first-order valence-corrected chi connectivity index (χ1v) is 8.67. The molecule has 1 aliphatic heterocycles. The lowest BCUT2D eigenvalue weighted by Gasteiger charge is -2.13. The molecule has 0 amide bonds. The van der Waals surface area contributed by atoms with Crippen molar-refractivity contribution in [2.24, 2.45) is 10.7 Å². The van der Waals surface area contributed by atoms with Crippen molar-refractivity contribution in [1.29, 1.82) is 0 Å². The maximum Gasteiger partial charge on any atom is 0.177 e. The lowest BCUT2D eigenvalue weighted by Crippen LogP contribution is -2.12. The van der Waals surface area contributed by atoms with Crippen LogP contribution in [-0.2, 0) is 11.3 Å². The molecule has 0 bridgehead atoms. The van der Waals surface area contributed by atoms with Gasteiger partial charge in [0.2, 0.25) is 0 Å². The van der Waals surface area contributed by atoms with Gasteiger partial charge in [-0.3, -0.25) is 9.79 Å². The van der Waals surface area contributed by atoms with E-state index in [-0.39, 0.29) is 18.1 Å². The molecular weight excluding hydrogens is 351 g/mol. The summed E-state index contributed by atoms with van der Waals surface area (Å²) in [4.78, 5) is 15.4. The van der Waals surface area contributed by atoms with Gasteiger partial charge in [0.1, 0.15) is 30.4 Å². The van der Waals surface area contributed by atoms with Crippen LogP contribution in [0.1, 0.15) is 12.1 Å². The van der Waals surface area contributed by atoms with Crippen LogP contribution in [0, 0.1) is 5.82 Å². The Morgan fingerprint density at radius 2 is 2.26 bits per heavy atom. The van der Waals surface area contributed by atoms with Gasteiger partial charge in [0.25, 0.3) is 0 Å². The van der Waals surface area contributed by atoms with E-state index in [1.54, 1.807) is 23.2 Å². The van der Waals surface area contributed by atoms with Crippen molar-refractivity contribution in [3.05, 3.63) is 42.0 Å². The number of aliphatic imine (C=N–C) groups is 1. The Bertz CT molecular complexity index is 861. The van der Waals surface area contributed by atoms with Crippen molar-refractivity contribution < 1.29 is 13.9 Å². The summed E-state index contributed by atoms with van der Waals surface area (Å²) < 4.78 is 20.8. The Balaban J connectivity index is 1.57. The summed E-state index contributed by atoms with van der Waals surface area (Å²) in [6.45, 7) is 2.14. The van der Waals surface area contributed by atoms with Crippen LogP contribution in [0.4, 0.5) is 10.1 Å². The third kappa shape index (κ3) is 5.20. The largest absolute Gasteiger partial charge is 0.489 e. The van der Waals surface area contributed by atoms with E-state index in [9.17, 15) is 9.18 Å². The van der Waals surface area contributed by atoms with Crippen LogP contribution in [0.25, 0.3) is 5.57 Å². The predicted molar refractivity (Wildman–Crippen MR) is 100 cm³/mol. The summed E-state index contributed by atoms with van der Waals surface area (Å²) in [5.74, 6) is 0.160. The van der Waals surface area contributed by atoms with Crippen LogP contribution in [0.5, 0.6) is 5.75 Å². The molecule has 9 heteroatoms. The van der Waals surface area contributed by atoms with Gasteiger partial charge in [0.05, 0.1) is 18.4 Å². The molecular formula is C18H21FN6O2. The molecule has 0 fully saturated rings. The monoisotopic (exact) mass is 372 g/mol. The Morgan fingerprint density at radius 3 is 3.07 bits per heavy atom. The number of aromatic nitrogens is 3. The molecule has 142 valence electrons. The molecule has 1 aromatic carbocycles. The van der Waals surface area contributed by atoms with Gasteiger partial charge >= 0.3 is 0 Å². The van der Waals surface area contributed by atoms with Crippen LogP contribution in [0.3, 0.4) is 0 Å². The number of ether oxygens (including phenoxy) is 1. The summed E-state index contributed by atoms with van der Waals surface area (Å²) in [7, 11) is 0. The van der Waals surface area contributed by atoms with Crippen molar-refractivity contribution in [2.45, 2.75) is 13.0 Å². The highest BCUT2D eigenvalue weighted by molar-refractivity contribution is 6.18. The van der Waals surface area contributed by atoms with E-state index in [1.807, 2.05) is 0 Å². The third-order valence-electron chi connectivity index (χ3n) is 3.84. The van der Waals surface area contributed by atoms with Crippen LogP contribution in [0.15, 0.2) is 35.5 Å². The summed E-state index contributed by atoms with van der Waals surface area (Å²) in [5, 5.41) is 11.2. The zero-order valence-electron chi connectivity index (χ0n) is 14.8. The van der Waals surface area contributed by atoms with E-state index in [0.29, 0.717) is 48.9 Å². The minimum absolute atomic E-state index is 0.0589. The second-order valence-corrected chi connectivity index (χ2v) is 5.96. The smallest absolute Gasteiger partial charge is 0.177 e. The minimum Gasteiger partial charge on any atom is -0.489 e. The molecule has 2 heterocycles. The number of carbonyl (C=O) groups excluding carboxylic acids is 1. The number of nitrogens with zero attached hydrogens (tertiary/aromatic N) is 4. The van der Waals surface area contributed by atoms with Crippen molar-refractivity contribution in [3.8, 4) is 5.75 Å². The van der Waals surface area contributed by atoms with Gasteiger partial charge in [-0.15, -0.1) is 5.10 Å². The van der Waals surface area contributed by atoms with E-state index >= 15 is 0 Å². The quantitative estimate of drug-likeness (QED) is 0.643. The first-order chi connectivity index (χ1) is 13.2. The number of halogens is 1. The van der Waals surface area contributed by atoms with Gasteiger partial charge in [0, 0.05) is 24.4 Å². The number of hydrogen-bond acceptors (Lipinski definition) is 7. The van der Waals surface area contributed by atoms with E-state index in [1.165, 1.54) is 18.2 Å². The van der Waals surface area contributed by atoms with Crippen molar-refractivity contribution >= 4 is 23.3 Å². The molecule has 3 N–H and O–H groups in total.